The minimum Gasteiger partial charge on any atom is -0.378 e. The first kappa shape index (κ1) is 14.0. The van der Waals surface area contributed by atoms with Crippen LogP contribution >= 0.6 is 27.3 Å². The number of allylic oxidation sites excluding steroid dienone is 1. The summed E-state index contributed by atoms with van der Waals surface area (Å²) in [5, 5.41) is 1.91. The molecule has 2 nitrogen and oxygen atoms in total. The lowest BCUT2D eigenvalue weighted by molar-refractivity contribution is 0.105. The Morgan fingerprint density at radius 2 is 1.95 bits per heavy atom. The molecule has 0 fully saturated rings. The van der Waals surface area contributed by atoms with Crippen molar-refractivity contribution in [2.24, 2.45) is 0 Å². The average Bonchev–Trinajstić information content (AvgIpc) is 2.83. The van der Waals surface area contributed by atoms with Crippen molar-refractivity contribution in [2.75, 3.05) is 19.0 Å². The largest absolute Gasteiger partial charge is 0.378 e. The second kappa shape index (κ2) is 6.17. The fraction of sp³-hybridized carbons (Fsp3) is 0.133. The van der Waals surface area contributed by atoms with Crippen LogP contribution in [0.3, 0.4) is 0 Å². The molecule has 0 saturated heterocycles. The summed E-state index contributed by atoms with van der Waals surface area (Å²) in [5.41, 5.74) is 2.17. The van der Waals surface area contributed by atoms with E-state index in [1.54, 1.807) is 6.08 Å². The Kier molecular flexibility index (Phi) is 4.56. The Morgan fingerprint density at radius 3 is 2.47 bits per heavy atom. The molecule has 2 aromatic rings. The number of rotatable bonds is 4. The Labute approximate surface area is 125 Å². The molecule has 0 radical (unpaired) electrons. The van der Waals surface area contributed by atoms with Gasteiger partial charge in [0.1, 0.15) is 0 Å². The molecule has 0 bridgehead atoms. The quantitative estimate of drug-likeness (QED) is 0.606. The van der Waals surface area contributed by atoms with Gasteiger partial charge in [0.15, 0.2) is 5.78 Å². The number of benzene rings is 1. The maximum absolute atomic E-state index is 11.9. The number of thiophene rings is 1. The standard InChI is InChI=1S/C15H14BrNOS/c1-17(2)13-6-3-11(4-7-13)5-8-14(18)15-9-12(16)10-19-15/h3-10H,1-2H3/b8-5+. The molecule has 0 aliphatic rings. The van der Waals surface area contributed by atoms with Crippen LogP contribution in [0.2, 0.25) is 0 Å². The molecule has 1 heterocycles. The Hall–Kier alpha value is -1.39. The monoisotopic (exact) mass is 335 g/mol. The maximum atomic E-state index is 11.9. The minimum atomic E-state index is 0.0346. The van der Waals surface area contributed by atoms with Gasteiger partial charge in [0.25, 0.3) is 0 Å². The van der Waals surface area contributed by atoms with E-state index in [9.17, 15) is 4.79 Å². The first-order valence-electron chi connectivity index (χ1n) is 5.80. The van der Waals surface area contributed by atoms with Crippen molar-refractivity contribution in [1.29, 1.82) is 0 Å². The SMILES string of the molecule is CN(C)c1ccc(/C=C/C(=O)c2cc(Br)cs2)cc1. The van der Waals surface area contributed by atoms with Crippen molar-refractivity contribution in [3.05, 3.63) is 56.7 Å². The average molecular weight is 336 g/mol. The molecule has 1 aromatic heterocycles. The minimum absolute atomic E-state index is 0.0346. The van der Waals surface area contributed by atoms with Gasteiger partial charge in [-0.15, -0.1) is 11.3 Å². The lowest BCUT2D eigenvalue weighted by atomic mass is 10.1. The molecule has 4 heteroatoms. The second-order valence-corrected chi connectivity index (χ2v) is 6.14. The summed E-state index contributed by atoms with van der Waals surface area (Å²) < 4.78 is 0.949. The first-order valence-corrected chi connectivity index (χ1v) is 7.47. The molecule has 0 amide bonds. The van der Waals surface area contributed by atoms with Crippen LogP contribution in [0.25, 0.3) is 6.08 Å². The van der Waals surface area contributed by atoms with E-state index in [1.807, 2.05) is 60.8 Å². The lowest BCUT2D eigenvalue weighted by Gasteiger charge is -2.11. The highest BCUT2D eigenvalue weighted by atomic mass is 79.9. The van der Waals surface area contributed by atoms with Crippen LogP contribution in [0, 0.1) is 0 Å². The van der Waals surface area contributed by atoms with Crippen molar-refractivity contribution in [3.8, 4) is 0 Å². The van der Waals surface area contributed by atoms with E-state index in [2.05, 4.69) is 15.9 Å². The van der Waals surface area contributed by atoms with Gasteiger partial charge in [0, 0.05) is 29.6 Å². The molecular formula is C15H14BrNOS. The summed E-state index contributed by atoms with van der Waals surface area (Å²) >= 11 is 4.79. The Morgan fingerprint density at radius 1 is 1.26 bits per heavy atom. The fourth-order valence-electron chi connectivity index (χ4n) is 1.58. The number of hydrogen-bond donors (Lipinski definition) is 0. The molecule has 19 heavy (non-hydrogen) atoms. The maximum Gasteiger partial charge on any atom is 0.195 e. The van der Waals surface area contributed by atoms with Crippen LogP contribution in [-0.4, -0.2) is 19.9 Å². The summed E-state index contributed by atoms with van der Waals surface area (Å²) in [7, 11) is 4.01. The third-order valence-corrected chi connectivity index (χ3v) is 4.35. The van der Waals surface area contributed by atoms with Gasteiger partial charge in [-0.1, -0.05) is 18.2 Å². The molecular weight excluding hydrogens is 322 g/mol. The fourth-order valence-corrected chi connectivity index (χ4v) is 2.93. The van der Waals surface area contributed by atoms with Crippen LogP contribution in [0.1, 0.15) is 15.2 Å². The molecule has 0 aliphatic heterocycles. The Balaban J connectivity index is 2.08. The molecule has 0 unspecified atom stereocenters. The highest BCUT2D eigenvalue weighted by Crippen LogP contribution is 2.21. The smallest absolute Gasteiger partial charge is 0.195 e. The summed E-state index contributed by atoms with van der Waals surface area (Å²) in [6.07, 6.45) is 3.46. The van der Waals surface area contributed by atoms with Crippen molar-refractivity contribution in [1.82, 2.24) is 0 Å². The molecule has 98 valence electrons. The van der Waals surface area contributed by atoms with Gasteiger partial charge in [0.2, 0.25) is 0 Å². The normalized spacial score (nSPS) is 10.9. The van der Waals surface area contributed by atoms with E-state index in [0.717, 1.165) is 20.6 Å². The van der Waals surface area contributed by atoms with Crippen LogP contribution in [0.4, 0.5) is 5.69 Å². The van der Waals surface area contributed by atoms with Crippen LogP contribution < -0.4 is 4.90 Å². The topological polar surface area (TPSA) is 20.3 Å². The summed E-state index contributed by atoms with van der Waals surface area (Å²) in [6, 6.07) is 9.91. The first-order chi connectivity index (χ1) is 9.06. The molecule has 0 saturated carbocycles. The Bertz CT molecular complexity index is 599. The molecule has 0 N–H and O–H groups in total. The van der Waals surface area contributed by atoms with Crippen molar-refractivity contribution >= 4 is 44.8 Å². The summed E-state index contributed by atoms with van der Waals surface area (Å²) in [5.74, 6) is 0.0346. The van der Waals surface area contributed by atoms with E-state index in [0.29, 0.717) is 0 Å². The molecule has 2 rings (SSSR count). The van der Waals surface area contributed by atoms with E-state index in [1.165, 1.54) is 11.3 Å². The van der Waals surface area contributed by atoms with Gasteiger partial charge in [-0.2, -0.15) is 0 Å². The number of carbonyl (C=O) groups excluding carboxylic acids is 1. The highest BCUT2D eigenvalue weighted by Gasteiger charge is 2.04. The number of carbonyl (C=O) groups is 1. The number of hydrogen-bond acceptors (Lipinski definition) is 3. The van der Waals surface area contributed by atoms with Gasteiger partial charge >= 0.3 is 0 Å². The van der Waals surface area contributed by atoms with E-state index < -0.39 is 0 Å². The molecule has 0 aliphatic carbocycles. The van der Waals surface area contributed by atoms with Gasteiger partial charge in [-0.05, 0) is 45.8 Å². The second-order valence-electron chi connectivity index (χ2n) is 4.31. The number of halogens is 1. The molecule has 0 atom stereocenters. The van der Waals surface area contributed by atoms with E-state index in [4.69, 9.17) is 0 Å². The van der Waals surface area contributed by atoms with Crippen molar-refractivity contribution < 1.29 is 4.79 Å². The third-order valence-electron chi connectivity index (χ3n) is 2.65. The summed E-state index contributed by atoms with van der Waals surface area (Å²) in [4.78, 5) is 14.7. The van der Waals surface area contributed by atoms with E-state index >= 15 is 0 Å². The molecule has 1 aromatic carbocycles. The predicted molar refractivity (Wildman–Crippen MR) is 86.2 cm³/mol. The van der Waals surface area contributed by atoms with Crippen LogP contribution in [-0.2, 0) is 0 Å². The van der Waals surface area contributed by atoms with Gasteiger partial charge in [-0.3, -0.25) is 4.79 Å². The number of ketones is 1. The summed E-state index contributed by atoms with van der Waals surface area (Å²) in [6.45, 7) is 0. The van der Waals surface area contributed by atoms with E-state index in [-0.39, 0.29) is 5.78 Å². The third kappa shape index (κ3) is 3.78. The zero-order valence-electron chi connectivity index (χ0n) is 10.8. The van der Waals surface area contributed by atoms with Gasteiger partial charge in [0.05, 0.1) is 4.88 Å². The van der Waals surface area contributed by atoms with Crippen molar-refractivity contribution in [3.63, 3.8) is 0 Å². The van der Waals surface area contributed by atoms with Crippen LogP contribution in [0.5, 0.6) is 0 Å². The van der Waals surface area contributed by atoms with Crippen molar-refractivity contribution in [2.45, 2.75) is 0 Å². The predicted octanol–water partition coefficient (Wildman–Crippen LogP) is 4.47. The zero-order chi connectivity index (χ0) is 13.8. The highest BCUT2D eigenvalue weighted by molar-refractivity contribution is 9.10. The lowest BCUT2D eigenvalue weighted by Crippen LogP contribution is -2.07. The zero-order valence-corrected chi connectivity index (χ0v) is 13.2. The number of nitrogens with zero attached hydrogens (tertiary/aromatic N) is 1. The van der Waals surface area contributed by atoms with Gasteiger partial charge < -0.3 is 4.90 Å². The van der Waals surface area contributed by atoms with Gasteiger partial charge in [-0.25, -0.2) is 0 Å². The molecule has 0 spiro atoms. The number of anilines is 1. The van der Waals surface area contributed by atoms with Crippen LogP contribution in [0.15, 0.2) is 46.3 Å².